The second-order valence-corrected chi connectivity index (χ2v) is 7.20. The highest BCUT2D eigenvalue weighted by Gasteiger charge is 2.18. The highest BCUT2D eigenvalue weighted by atomic mass is 79.9. The molecule has 0 aliphatic carbocycles. The van der Waals surface area contributed by atoms with E-state index in [-0.39, 0.29) is 17.3 Å². The van der Waals surface area contributed by atoms with Crippen molar-refractivity contribution in [2.24, 2.45) is 0 Å². The van der Waals surface area contributed by atoms with Crippen LogP contribution >= 0.6 is 15.9 Å². The van der Waals surface area contributed by atoms with E-state index in [9.17, 15) is 4.79 Å². The minimum atomic E-state index is -0.211. The largest absolute Gasteiger partial charge is 0.497 e. The number of hydrogen-bond donors (Lipinski definition) is 1. The maximum absolute atomic E-state index is 13.1. The number of nitrogens with one attached hydrogen (secondary N) is 1. The number of aromatic nitrogens is 4. The lowest BCUT2D eigenvalue weighted by Gasteiger charge is -2.10. The Morgan fingerprint density at radius 2 is 2.00 bits per heavy atom. The highest BCUT2D eigenvalue weighted by molar-refractivity contribution is 9.10. The molecule has 0 bridgehead atoms. The van der Waals surface area contributed by atoms with Crippen LogP contribution in [0.4, 0.5) is 11.7 Å². The molecule has 4 rings (SSSR count). The van der Waals surface area contributed by atoms with E-state index in [2.05, 4.69) is 36.4 Å². The van der Waals surface area contributed by atoms with Gasteiger partial charge in [0.2, 0.25) is 5.43 Å². The molecule has 8 nitrogen and oxygen atoms in total. The molecular weight excluding hydrogens is 438 g/mol. The normalized spacial score (nSPS) is 11.0. The molecule has 4 aromatic rings. The van der Waals surface area contributed by atoms with Crippen molar-refractivity contribution in [1.82, 2.24) is 19.7 Å². The first-order chi connectivity index (χ1) is 14.0. The number of nitrogens with zero attached hydrogens (tertiary/aromatic N) is 4. The van der Waals surface area contributed by atoms with E-state index in [0.29, 0.717) is 23.1 Å². The Morgan fingerprint density at radius 3 is 2.69 bits per heavy atom. The Balaban J connectivity index is 1.74. The van der Waals surface area contributed by atoms with Gasteiger partial charge in [0.1, 0.15) is 17.0 Å². The molecule has 0 saturated carbocycles. The van der Waals surface area contributed by atoms with E-state index in [1.54, 1.807) is 19.4 Å². The van der Waals surface area contributed by atoms with Crippen LogP contribution < -0.4 is 15.5 Å². The summed E-state index contributed by atoms with van der Waals surface area (Å²) in [5.41, 5.74) is 2.31. The number of aryl methyl sites for hydroxylation is 2. The maximum Gasteiger partial charge on any atom is 0.320 e. The molecule has 1 aromatic carbocycles. The summed E-state index contributed by atoms with van der Waals surface area (Å²) in [6, 6.07) is 9.26. The summed E-state index contributed by atoms with van der Waals surface area (Å²) in [7, 11) is 1.61. The van der Waals surface area contributed by atoms with E-state index in [1.807, 2.05) is 42.7 Å². The van der Waals surface area contributed by atoms with Crippen LogP contribution in [-0.4, -0.2) is 26.9 Å². The van der Waals surface area contributed by atoms with Crippen LogP contribution in [0.2, 0.25) is 0 Å². The number of rotatable bonds is 5. The molecule has 0 unspecified atom stereocenters. The third-order valence-electron chi connectivity index (χ3n) is 4.51. The quantitative estimate of drug-likeness (QED) is 0.479. The van der Waals surface area contributed by atoms with Crippen molar-refractivity contribution < 1.29 is 9.15 Å². The van der Waals surface area contributed by atoms with Gasteiger partial charge in [-0.25, -0.2) is 4.98 Å². The number of methoxy groups -OCH3 is 1. The maximum atomic E-state index is 13.1. The third-order valence-corrected chi connectivity index (χ3v) is 5.32. The van der Waals surface area contributed by atoms with Gasteiger partial charge >= 0.3 is 6.01 Å². The Hall–Kier alpha value is -3.20. The molecule has 29 heavy (non-hydrogen) atoms. The fourth-order valence-electron chi connectivity index (χ4n) is 2.95. The molecule has 3 heterocycles. The Labute approximate surface area is 174 Å². The number of pyridine rings is 2. The van der Waals surface area contributed by atoms with Crippen LogP contribution in [-0.2, 0) is 6.54 Å². The molecule has 0 fully saturated rings. The van der Waals surface area contributed by atoms with Crippen LogP contribution in [0, 0.1) is 6.92 Å². The van der Waals surface area contributed by atoms with Gasteiger partial charge in [0.15, 0.2) is 0 Å². The number of anilines is 2. The van der Waals surface area contributed by atoms with Gasteiger partial charge in [-0.3, -0.25) is 4.79 Å². The van der Waals surface area contributed by atoms with Crippen LogP contribution in [0.25, 0.3) is 22.5 Å². The molecule has 0 aliphatic heterocycles. The minimum absolute atomic E-state index is 0.145. The first kappa shape index (κ1) is 19.1. The van der Waals surface area contributed by atoms with Crippen molar-refractivity contribution in [3.05, 3.63) is 56.9 Å². The first-order valence-corrected chi connectivity index (χ1v) is 9.74. The monoisotopic (exact) mass is 455 g/mol. The average Bonchev–Trinajstić information content (AvgIpc) is 3.18. The summed E-state index contributed by atoms with van der Waals surface area (Å²) in [6.45, 7) is 4.51. The number of hydrogen-bond acceptors (Lipinski definition) is 7. The molecule has 0 atom stereocenters. The molecular formula is C20H18BrN5O3. The number of fused-ring (bicyclic) bond motifs is 1. The van der Waals surface area contributed by atoms with Gasteiger partial charge in [-0.1, -0.05) is 5.10 Å². The zero-order valence-corrected chi connectivity index (χ0v) is 17.6. The zero-order valence-electron chi connectivity index (χ0n) is 16.1. The molecule has 0 spiro atoms. The fourth-order valence-corrected chi connectivity index (χ4v) is 3.27. The highest BCUT2D eigenvalue weighted by Crippen LogP contribution is 2.25. The predicted molar refractivity (Wildman–Crippen MR) is 114 cm³/mol. The molecule has 1 N–H and O–H groups in total. The van der Waals surface area contributed by atoms with E-state index in [4.69, 9.17) is 9.15 Å². The standard InChI is InChI=1S/C20H18BrN5O3/c1-4-26-10-15(17(27)14-9-16(21)11(2)22-18(14)26)19-24-25-20(29-19)23-12-5-7-13(28-3)8-6-12/h5-10H,4H2,1-3H3,(H,23,25). The van der Waals surface area contributed by atoms with Crippen molar-refractivity contribution in [3.8, 4) is 17.2 Å². The number of halogens is 1. The van der Waals surface area contributed by atoms with Crippen molar-refractivity contribution in [3.63, 3.8) is 0 Å². The van der Waals surface area contributed by atoms with E-state index in [1.165, 1.54) is 0 Å². The summed E-state index contributed by atoms with van der Waals surface area (Å²) in [5, 5.41) is 11.6. The topological polar surface area (TPSA) is 95.1 Å². The van der Waals surface area contributed by atoms with Gasteiger partial charge in [0, 0.05) is 22.9 Å². The van der Waals surface area contributed by atoms with E-state index >= 15 is 0 Å². The fraction of sp³-hybridized carbons (Fsp3) is 0.200. The van der Waals surface area contributed by atoms with Gasteiger partial charge in [0.05, 0.1) is 18.2 Å². The summed E-state index contributed by atoms with van der Waals surface area (Å²) >= 11 is 3.45. The first-order valence-electron chi connectivity index (χ1n) is 8.95. The lowest BCUT2D eigenvalue weighted by atomic mass is 10.2. The molecule has 3 aromatic heterocycles. The van der Waals surface area contributed by atoms with Crippen molar-refractivity contribution in [2.45, 2.75) is 20.4 Å². The average molecular weight is 456 g/mol. The van der Waals surface area contributed by atoms with Crippen LogP contribution in [0.1, 0.15) is 12.6 Å². The Bertz CT molecular complexity index is 1250. The Kier molecular flexibility index (Phi) is 5.06. The summed E-state index contributed by atoms with van der Waals surface area (Å²) in [4.78, 5) is 17.6. The van der Waals surface area contributed by atoms with Gasteiger partial charge in [-0.15, -0.1) is 5.10 Å². The molecule has 0 amide bonds. The lowest BCUT2D eigenvalue weighted by Crippen LogP contribution is -2.13. The lowest BCUT2D eigenvalue weighted by molar-refractivity contribution is 0.415. The second-order valence-electron chi connectivity index (χ2n) is 6.35. The van der Waals surface area contributed by atoms with Gasteiger partial charge < -0.3 is 19.0 Å². The summed E-state index contributed by atoms with van der Waals surface area (Å²) in [6.07, 6.45) is 1.70. The van der Waals surface area contributed by atoms with Crippen LogP contribution in [0.5, 0.6) is 5.75 Å². The smallest absolute Gasteiger partial charge is 0.320 e. The molecule has 9 heteroatoms. The van der Waals surface area contributed by atoms with E-state index < -0.39 is 0 Å². The zero-order chi connectivity index (χ0) is 20.5. The van der Waals surface area contributed by atoms with Crippen molar-refractivity contribution in [1.29, 1.82) is 0 Å². The van der Waals surface area contributed by atoms with E-state index in [0.717, 1.165) is 21.6 Å². The minimum Gasteiger partial charge on any atom is -0.497 e. The van der Waals surface area contributed by atoms with Crippen LogP contribution in [0.3, 0.4) is 0 Å². The summed E-state index contributed by atoms with van der Waals surface area (Å²) in [5.74, 6) is 0.889. The summed E-state index contributed by atoms with van der Waals surface area (Å²) < 4.78 is 13.5. The predicted octanol–water partition coefficient (Wildman–Crippen LogP) is 4.29. The number of benzene rings is 1. The molecule has 0 saturated heterocycles. The van der Waals surface area contributed by atoms with Gasteiger partial charge in [0.25, 0.3) is 5.89 Å². The third kappa shape index (κ3) is 3.61. The van der Waals surface area contributed by atoms with Crippen molar-refractivity contribution >= 4 is 38.7 Å². The number of ether oxygens (including phenoxy) is 1. The van der Waals surface area contributed by atoms with Gasteiger partial charge in [-0.05, 0) is 60.1 Å². The molecule has 0 radical (unpaired) electrons. The molecule has 0 aliphatic rings. The van der Waals surface area contributed by atoms with Crippen LogP contribution in [0.15, 0.2) is 50.2 Å². The van der Waals surface area contributed by atoms with Gasteiger partial charge in [-0.2, -0.15) is 0 Å². The second kappa shape index (κ2) is 7.67. The SMILES string of the molecule is CCn1cc(-c2nnc(Nc3ccc(OC)cc3)o2)c(=O)c2cc(Br)c(C)nc21. The Morgan fingerprint density at radius 1 is 1.24 bits per heavy atom. The molecule has 148 valence electrons. The van der Waals surface area contributed by atoms with Crippen molar-refractivity contribution in [2.75, 3.05) is 12.4 Å².